The van der Waals surface area contributed by atoms with Crippen molar-refractivity contribution in [3.63, 3.8) is 0 Å². The van der Waals surface area contributed by atoms with Crippen molar-refractivity contribution in [1.82, 2.24) is 8.61 Å². The monoisotopic (exact) mass is 325 g/mol. The van der Waals surface area contributed by atoms with Gasteiger partial charge < -0.3 is 5.73 Å². The fourth-order valence-corrected chi connectivity index (χ4v) is 4.82. The lowest BCUT2D eigenvalue weighted by Gasteiger charge is -2.36. The van der Waals surface area contributed by atoms with Crippen LogP contribution < -0.4 is 5.73 Å². The fraction of sp³-hybridized carbons (Fsp3) is 0.625. The number of nitrogens with zero attached hydrogens (tertiary/aromatic N) is 2. The highest BCUT2D eigenvalue weighted by Crippen LogP contribution is 2.22. The second-order valence-corrected chi connectivity index (χ2v) is 7.77. The molecular weight excluding hydrogens is 298 g/mol. The van der Waals surface area contributed by atoms with Crippen LogP contribution in [0.15, 0.2) is 30.3 Å². The number of rotatable bonds is 7. The summed E-state index contributed by atoms with van der Waals surface area (Å²) in [6, 6.07) is 10.0. The molecule has 0 saturated carbocycles. The molecular formula is C16H27N3O2S. The molecule has 0 radical (unpaired) electrons. The Labute approximate surface area is 134 Å². The van der Waals surface area contributed by atoms with E-state index in [1.165, 1.54) is 0 Å². The number of hydrogen-bond donors (Lipinski definition) is 1. The molecule has 124 valence electrons. The van der Waals surface area contributed by atoms with Crippen molar-refractivity contribution in [3.05, 3.63) is 35.9 Å². The molecule has 0 amide bonds. The molecule has 1 aromatic rings. The van der Waals surface area contributed by atoms with Gasteiger partial charge in [0.05, 0.1) is 0 Å². The maximum absolute atomic E-state index is 12.9. The highest BCUT2D eigenvalue weighted by atomic mass is 32.2. The molecule has 1 aliphatic rings. The van der Waals surface area contributed by atoms with Crippen LogP contribution in [0.1, 0.15) is 31.7 Å². The van der Waals surface area contributed by atoms with Gasteiger partial charge in [-0.2, -0.15) is 17.0 Å². The first-order chi connectivity index (χ1) is 10.6. The third kappa shape index (κ3) is 4.29. The van der Waals surface area contributed by atoms with Gasteiger partial charge in [0.1, 0.15) is 0 Å². The van der Waals surface area contributed by atoms with Crippen LogP contribution in [0.5, 0.6) is 0 Å². The lowest BCUT2D eigenvalue weighted by atomic mass is 10.1. The van der Waals surface area contributed by atoms with Crippen LogP contribution in [0, 0.1) is 0 Å². The van der Waals surface area contributed by atoms with E-state index in [0.717, 1.165) is 24.8 Å². The van der Waals surface area contributed by atoms with Gasteiger partial charge in [0, 0.05) is 32.2 Å². The topological polar surface area (TPSA) is 66.6 Å². The summed E-state index contributed by atoms with van der Waals surface area (Å²) < 4.78 is 29.0. The smallest absolute Gasteiger partial charge is 0.282 e. The molecule has 2 N–H and O–H groups in total. The summed E-state index contributed by atoms with van der Waals surface area (Å²) in [6.45, 7) is 3.81. The van der Waals surface area contributed by atoms with Gasteiger partial charge in [0.15, 0.2) is 0 Å². The molecule has 1 saturated heterocycles. The van der Waals surface area contributed by atoms with Gasteiger partial charge in [-0.3, -0.25) is 0 Å². The molecule has 22 heavy (non-hydrogen) atoms. The first-order valence-electron chi connectivity index (χ1n) is 8.06. The van der Waals surface area contributed by atoms with Crippen LogP contribution in [0.2, 0.25) is 0 Å². The quantitative estimate of drug-likeness (QED) is 0.828. The Kier molecular flexibility index (Phi) is 6.37. The molecule has 2 rings (SSSR count). The van der Waals surface area contributed by atoms with E-state index in [0.29, 0.717) is 32.6 Å². The summed E-state index contributed by atoms with van der Waals surface area (Å²) in [5, 5.41) is 0. The minimum atomic E-state index is -3.42. The molecule has 5 nitrogen and oxygen atoms in total. The van der Waals surface area contributed by atoms with Crippen LogP contribution in [0.4, 0.5) is 0 Å². The molecule has 0 aromatic heterocycles. The molecule has 0 aliphatic carbocycles. The van der Waals surface area contributed by atoms with Crippen LogP contribution in [0.3, 0.4) is 0 Å². The van der Waals surface area contributed by atoms with Crippen molar-refractivity contribution in [1.29, 1.82) is 0 Å². The van der Waals surface area contributed by atoms with Gasteiger partial charge in [0.25, 0.3) is 10.2 Å². The SMILES string of the molecule is CC1CCCCN1S(=O)(=O)N(CCN)CCc1ccccc1. The number of piperidine rings is 1. The summed E-state index contributed by atoms with van der Waals surface area (Å²) in [5.41, 5.74) is 6.78. The molecule has 1 aromatic carbocycles. The minimum absolute atomic E-state index is 0.0794. The maximum Gasteiger partial charge on any atom is 0.282 e. The van der Waals surface area contributed by atoms with Crippen LogP contribution >= 0.6 is 0 Å². The first kappa shape index (κ1) is 17.4. The zero-order valence-electron chi connectivity index (χ0n) is 13.3. The van der Waals surface area contributed by atoms with Gasteiger partial charge in [-0.1, -0.05) is 36.8 Å². The van der Waals surface area contributed by atoms with Gasteiger partial charge in [-0.05, 0) is 31.7 Å². The van der Waals surface area contributed by atoms with Gasteiger partial charge in [-0.25, -0.2) is 0 Å². The Morgan fingerprint density at radius 2 is 1.95 bits per heavy atom. The summed E-state index contributed by atoms with van der Waals surface area (Å²) in [6.07, 6.45) is 3.70. The minimum Gasteiger partial charge on any atom is -0.329 e. The predicted octanol–water partition coefficient (Wildman–Crippen LogP) is 1.61. The average molecular weight is 325 g/mol. The van der Waals surface area contributed by atoms with Gasteiger partial charge in [-0.15, -0.1) is 0 Å². The Bertz CT molecular complexity index is 548. The van der Waals surface area contributed by atoms with Crippen LogP contribution in [0.25, 0.3) is 0 Å². The molecule has 1 aliphatic heterocycles. The van der Waals surface area contributed by atoms with E-state index in [9.17, 15) is 8.42 Å². The first-order valence-corrected chi connectivity index (χ1v) is 9.46. The van der Waals surface area contributed by atoms with Crippen LogP contribution in [-0.2, 0) is 16.6 Å². The van der Waals surface area contributed by atoms with E-state index in [2.05, 4.69) is 0 Å². The Hall–Kier alpha value is -0.950. The molecule has 1 fully saturated rings. The van der Waals surface area contributed by atoms with E-state index in [4.69, 9.17) is 5.73 Å². The number of hydrogen-bond acceptors (Lipinski definition) is 3. The third-order valence-corrected chi connectivity index (χ3v) is 6.39. The Morgan fingerprint density at radius 1 is 1.23 bits per heavy atom. The Morgan fingerprint density at radius 3 is 2.59 bits per heavy atom. The zero-order chi connectivity index (χ0) is 16.0. The molecule has 6 heteroatoms. The van der Waals surface area contributed by atoms with Crippen molar-refractivity contribution in [2.75, 3.05) is 26.2 Å². The number of nitrogens with two attached hydrogens (primary N) is 1. The predicted molar refractivity (Wildman–Crippen MR) is 89.7 cm³/mol. The summed E-state index contributed by atoms with van der Waals surface area (Å²) in [4.78, 5) is 0. The van der Waals surface area contributed by atoms with E-state index in [1.807, 2.05) is 37.3 Å². The normalized spacial score (nSPS) is 20.4. The third-order valence-electron chi connectivity index (χ3n) is 4.24. The second-order valence-electron chi connectivity index (χ2n) is 5.89. The van der Waals surface area contributed by atoms with Crippen molar-refractivity contribution in [2.24, 2.45) is 5.73 Å². The van der Waals surface area contributed by atoms with Crippen molar-refractivity contribution >= 4 is 10.2 Å². The van der Waals surface area contributed by atoms with E-state index >= 15 is 0 Å². The van der Waals surface area contributed by atoms with Crippen molar-refractivity contribution < 1.29 is 8.42 Å². The van der Waals surface area contributed by atoms with Gasteiger partial charge >= 0.3 is 0 Å². The largest absolute Gasteiger partial charge is 0.329 e. The fourth-order valence-electron chi connectivity index (χ4n) is 2.95. The lowest BCUT2D eigenvalue weighted by molar-refractivity contribution is 0.245. The lowest BCUT2D eigenvalue weighted by Crippen LogP contribution is -2.51. The average Bonchev–Trinajstić information content (AvgIpc) is 2.52. The summed E-state index contributed by atoms with van der Waals surface area (Å²) >= 11 is 0. The van der Waals surface area contributed by atoms with Gasteiger partial charge in [0.2, 0.25) is 0 Å². The van der Waals surface area contributed by atoms with Crippen molar-refractivity contribution in [2.45, 2.75) is 38.6 Å². The number of benzene rings is 1. The van der Waals surface area contributed by atoms with E-state index in [-0.39, 0.29) is 6.04 Å². The highest BCUT2D eigenvalue weighted by Gasteiger charge is 2.33. The summed E-state index contributed by atoms with van der Waals surface area (Å²) in [7, 11) is -3.42. The molecule has 0 bridgehead atoms. The van der Waals surface area contributed by atoms with E-state index in [1.54, 1.807) is 8.61 Å². The highest BCUT2D eigenvalue weighted by molar-refractivity contribution is 7.86. The standard InChI is InChI=1S/C16H27N3O2S/c1-15-7-5-6-12-19(15)22(20,21)18(14-11-17)13-10-16-8-3-2-4-9-16/h2-4,8-9,15H,5-7,10-14,17H2,1H3. The van der Waals surface area contributed by atoms with Crippen molar-refractivity contribution in [3.8, 4) is 0 Å². The second kappa shape index (κ2) is 8.06. The molecule has 0 spiro atoms. The molecule has 1 heterocycles. The van der Waals surface area contributed by atoms with E-state index < -0.39 is 10.2 Å². The molecule has 1 atom stereocenters. The maximum atomic E-state index is 12.9. The van der Waals surface area contributed by atoms with Crippen LogP contribution in [-0.4, -0.2) is 49.2 Å². The zero-order valence-corrected chi connectivity index (χ0v) is 14.1. The molecule has 1 unspecified atom stereocenters. The summed E-state index contributed by atoms with van der Waals surface area (Å²) in [5.74, 6) is 0. The Balaban J connectivity index is 2.08.